The zero-order valence-corrected chi connectivity index (χ0v) is 19.3. The van der Waals surface area contributed by atoms with Gasteiger partial charge in [0, 0.05) is 30.1 Å². The monoisotopic (exact) mass is 465 g/mol. The third-order valence-corrected chi connectivity index (χ3v) is 9.04. The summed E-state index contributed by atoms with van der Waals surface area (Å²) < 4.78 is 32.1. The quantitative estimate of drug-likeness (QED) is 0.572. The van der Waals surface area contributed by atoms with Crippen LogP contribution in [-0.4, -0.2) is 49.2 Å². The number of pyridine rings is 1. The van der Waals surface area contributed by atoms with E-state index >= 15 is 0 Å². The van der Waals surface area contributed by atoms with Gasteiger partial charge in [-0.05, 0) is 62.6 Å². The predicted octanol–water partition coefficient (Wildman–Crippen LogP) is 3.20. The molecule has 2 N–H and O–H groups in total. The molecule has 1 aromatic carbocycles. The van der Waals surface area contributed by atoms with E-state index in [1.165, 1.54) is 6.20 Å². The fourth-order valence-corrected chi connectivity index (χ4v) is 6.57. The molecule has 0 unspecified atom stereocenters. The lowest BCUT2D eigenvalue weighted by atomic mass is 9.81. The summed E-state index contributed by atoms with van der Waals surface area (Å²) in [5.74, 6) is 1.20. The number of sulfone groups is 1. The van der Waals surface area contributed by atoms with Gasteiger partial charge in [-0.1, -0.05) is 6.07 Å². The molecule has 0 amide bonds. The number of rotatable bonds is 5. The number of nitrogens with zero attached hydrogens (tertiary/aromatic N) is 4. The standard InChI is InChI=1S/C24H27N5O3S/c1-17-16-32-14-13-29(17)21-15-20(27-23(28-21)18-6-8-19(25)9-7-18)24(10-4-11-24)33(30,31)22-5-2-3-12-26-22/h2-3,5-9,12,15,17H,4,10-11,13-14,16,25H2,1H3/t17-/m0/s1. The van der Waals surface area contributed by atoms with Crippen LogP contribution < -0.4 is 10.6 Å². The van der Waals surface area contributed by atoms with Crippen molar-refractivity contribution in [1.29, 1.82) is 0 Å². The van der Waals surface area contributed by atoms with Crippen LogP contribution in [0.25, 0.3) is 11.4 Å². The van der Waals surface area contributed by atoms with Crippen molar-refractivity contribution in [3.8, 4) is 11.4 Å². The minimum atomic E-state index is -3.75. The first kappa shape index (κ1) is 21.8. The lowest BCUT2D eigenvalue weighted by Crippen LogP contribution is -2.46. The van der Waals surface area contributed by atoms with Crippen LogP contribution in [0.15, 0.2) is 59.8 Å². The van der Waals surface area contributed by atoms with Crippen LogP contribution in [0.5, 0.6) is 0 Å². The molecule has 3 aromatic rings. The van der Waals surface area contributed by atoms with Crippen LogP contribution in [0.4, 0.5) is 11.5 Å². The third-order valence-electron chi connectivity index (χ3n) is 6.60. The minimum Gasteiger partial charge on any atom is -0.399 e. The van der Waals surface area contributed by atoms with Gasteiger partial charge in [0.25, 0.3) is 0 Å². The zero-order valence-electron chi connectivity index (χ0n) is 18.5. The number of benzene rings is 1. The van der Waals surface area contributed by atoms with Gasteiger partial charge in [0.2, 0.25) is 9.84 Å². The number of hydrogen-bond acceptors (Lipinski definition) is 8. The van der Waals surface area contributed by atoms with E-state index in [0.29, 0.717) is 55.6 Å². The van der Waals surface area contributed by atoms with Crippen LogP contribution in [-0.2, 0) is 19.3 Å². The van der Waals surface area contributed by atoms with Crippen molar-refractivity contribution in [2.24, 2.45) is 0 Å². The normalized spacial score (nSPS) is 20.3. The number of anilines is 2. The summed E-state index contributed by atoms with van der Waals surface area (Å²) in [4.78, 5) is 16.0. The SMILES string of the molecule is C[C@H]1COCCN1c1cc(C2(S(=O)(=O)c3ccccn3)CCC2)nc(-c2ccc(N)cc2)n1. The van der Waals surface area contributed by atoms with Gasteiger partial charge in [-0.15, -0.1) is 0 Å². The van der Waals surface area contributed by atoms with Gasteiger partial charge >= 0.3 is 0 Å². The Hall–Kier alpha value is -3.04. The van der Waals surface area contributed by atoms with Crippen LogP contribution in [0, 0.1) is 0 Å². The Bertz CT molecular complexity index is 1240. The number of aromatic nitrogens is 3. The van der Waals surface area contributed by atoms with Gasteiger partial charge in [-0.25, -0.2) is 23.4 Å². The molecule has 1 saturated heterocycles. The summed E-state index contributed by atoms with van der Waals surface area (Å²) in [6.45, 7) is 3.94. The molecule has 1 aliphatic carbocycles. The van der Waals surface area contributed by atoms with E-state index in [1.807, 2.05) is 18.2 Å². The van der Waals surface area contributed by atoms with Crippen molar-refractivity contribution in [2.45, 2.75) is 42.0 Å². The van der Waals surface area contributed by atoms with Crippen molar-refractivity contribution in [3.05, 3.63) is 60.4 Å². The first-order valence-corrected chi connectivity index (χ1v) is 12.6. The van der Waals surface area contributed by atoms with Crippen molar-refractivity contribution in [1.82, 2.24) is 15.0 Å². The molecule has 3 heterocycles. The Morgan fingerprint density at radius 2 is 1.91 bits per heavy atom. The maximum atomic E-state index is 13.8. The van der Waals surface area contributed by atoms with Gasteiger partial charge in [0.05, 0.1) is 24.9 Å². The van der Waals surface area contributed by atoms with Gasteiger partial charge in [-0.2, -0.15) is 0 Å². The summed E-state index contributed by atoms with van der Waals surface area (Å²) in [7, 11) is -3.75. The Morgan fingerprint density at radius 3 is 2.55 bits per heavy atom. The van der Waals surface area contributed by atoms with E-state index < -0.39 is 14.6 Å². The van der Waals surface area contributed by atoms with Gasteiger partial charge in [0.15, 0.2) is 10.9 Å². The molecule has 172 valence electrons. The summed E-state index contributed by atoms with van der Waals surface area (Å²) >= 11 is 0. The van der Waals surface area contributed by atoms with Crippen molar-refractivity contribution < 1.29 is 13.2 Å². The number of hydrogen-bond donors (Lipinski definition) is 1. The van der Waals surface area contributed by atoms with Gasteiger partial charge < -0.3 is 15.4 Å². The Kier molecular flexibility index (Phi) is 5.54. The largest absolute Gasteiger partial charge is 0.399 e. The maximum absolute atomic E-state index is 13.8. The number of nitrogen functional groups attached to an aromatic ring is 1. The molecule has 8 nitrogen and oxygen atoms in total. The van der Waals surface area contributed by atoms with Crippen molar-refractivity contribution >= 4 is 21.3 Å². The molecule has 2 aromatic heterocycles. The van der Waals surface area contributed by atoms with Crippen LogP contribution in [0.2, 0.25) is 0 Å². The molecule has 5 rings (SSSR count). The summed E-state index contributed by atoms with van der Waals surface area (Å²) in [5, 5.41) is 0.0821. The Morgan fingerprint density at radius 1 is 1.12 bits per heavy atom. The van der Waals surface area contributed by atoms with Crippen LogP contribution >= 0.6 is 0 Å². The molecule has 0 bridgehead atoms. The van der Waals surface area contributed by atoms with E-state index in [0.717, 1.165) is 12.0 Å². The molecule has 2 fully saturated rings. The molecule has 1 aliphatic heterocycles. The summed E-state index contributed by atoms with van der Waals surface area (Å²) in [5.41, 5.74) is 7.83. The predicted molar refractivity (Wildman–Crippen MR) is 126 cm³/mol. The molecule has 2 aliphatic rings. The van der Waals surface area contributed by atoms with Gasteiger partial charge in [0.1, 0.15) is 10.6 Å². The van der Waals surface area contributed by atoms with E-state index in [2.05, 4.69) is 16.8 Å². The van der Waals surface area contributed by atoms with Crippen LogP contribution in [0.1, 0.15) is 31.9 Å². The van der Waals surface area contributed by atoms with E-state index in [9.17, 15) is 8.42 Å². The maximum Gasteiger partial charge on any atom is 0.206 e. The molecule has 1 atom stereocenters. The summed E-state index contributed by atoms with van der Waals surface area (Å²) in [6, 6.07) is 14.3. The average Bonchev–Trinajstić information content (AvgIpc) is 2.79. The van der Waals surface area contributed by atoms with Crippen molar-refractivity contribution in [3.63, 3.8) is 0 Å². The lowest BCUT2D eigenvalue weighted by Gasteiger charge is -2.41. The highest BCUT2D eigenvalue weighted by Gasteiger charge is 2.53. The highest BCUT2D eigenvalue weighted by atomic mass is 32.2. The molecular weight excluding hydrogens is 438 g/mol. The van der Waals surface area contributed by atoms with E-state index in [1.54, 1.807) is 30.3 Å². The van der Waals surface area contributed by atoms with E-state index in [4.69, 9.17) is 20.4 Å². The molecule has 9 heteroatoms. The second kappa shape index (κ2) is 8.39. The molecule has 0 radical (unpaired) electrons. The fraction of sp³-hybridized carbons (Fsp3) is 0.375. The smallest absolute Gasteiger partial charge is 0.206 e. The lowest BCUT2D eigenvalue weighted by molar-refractivity contribution is 0.0985. The molecular formula is C24H27N5O3S. The molecule has 0 spiro atoms. The Balaban J connectivity index is 1.68. The molecule has 1 saturated carbocycles. The fourth-order valence-electron chi connectivity index (χ4n) is 4.51. The number of ether oxygens (including phenoxy) is 1. The highest BCUT2D eigenvalue weighted by molar-refractivity contribution is 7.92. The first-order chi connectivity index (χ1) is 15.9. The second-order valence-electron chi connectivity index (χ2n) is 8.69. The van der Waals surface area contributed by atoms with Gasteiger partial charge in [-0.3, -0.25) is 0 Å². The summed E-state index contributed by atoms with van der Waals surface area (Å²) in [6.07, 6.45) is 3.33. The second-order valence-corrected chi connectivity index (χ2v) is 10.9. The number of nitrogens with two attached hydrogens (primary N) is 1. The highest BCUT2D eigenvalue weighted by Crippen LogP contribution is 2.50. The van der Waals surface area contributed by atoms with Crippen LogP contribution in [0.3, 0.4) is 0 Å². The number of morpholine rings is 1. The average molecular weight is 466 g/mol. The zero-order chi connectivity index (χ0) is 23.1. The third kappa shape index (κ3) is 3.75. The van der Waals surface area contributed by atoms with E-state index in [-0.39, 0.29) is 11.1 Å². The molecule has 33 heavy (non-hydrogen) atoms. The minimum absolute atomic E-state index is 0.0821. The Labute approximate surface area is 193 Å². The topological polar surface area (TPSA) is 111 Å². The first-order valence-electron chi connectivity index (χ1n) is 11.2. The van der Waals surface area contributed by atoms with Crippen molar-refractivity contribution in [2.75, 3.05) is 30.4 Å².